The number of benzene rings is 1. The van der Waals surface area contributed by atoms with Gasteiger partial charge in [-0.05, 0) is 24.0 Å². The molecule has 1 aromatic carbocycles. The van der Waals surface area contributed by atoms with Gasteiger partial charge in [0, 0.05) is 30.9 Å². The second-order valence-electron chi connectivity index (χ2n) is 5.29. The lowest BCUT2D eigenvalue weighted by atomic mass is 10.1. The molecule has 0 spiro atoms. The van der Waals surface area contributed by atoms with Crippen molar-refractivity contribution < 1.29 is 0 Å². The summed E-state index contributed by atoms with van der Waals surface area (Å²) in [5, 5.41) is 6.76. The highest BCUT2D eigenvalue weighted by Crippen LogP contribution is 2.24. The van der Waals surface area contributed by atoms with Crippen LogP contribution in [-0.2, 0) is 25.9 Å². The zero-order valence-corrected chi connectivity index (χ0v) is 11.9. The van der Waals surface area contributed by atoms with E-state index >= 15 is 0 Å². The van der Waals surface area contributed by atoms with Gasteiger partial charge in [-0.15, -0.1) is 12.4 Å². The minimum absolute atomic E-state index is 0. The minimum Gasteiger partial charge on any atom is -0.351 e. The van der Waals surface area contributed by atoms with Crippen LogP contribution in [0.15, 0.2) is 30.5 Å². The Balaban J connectivity index is 0.00000121. The topological polar surface area (TPSA) is 49.8 Å². The second kappa shape index (κ2) is 5.38. The first-order valence-corrected chi connectivity index (χ1v) is 6.77. The molecule has 20 heavy (non-hydrogen) atoms. The molecule has 1 aliphatic carbocycles. The number of anilines is 1. The fourth-order valence-electron chi connectivity index (χ4n) is 2.97. The van der Waals surface area contributed by atoms with Gasteiger partial charge in [0.2, 0.25) is 5.95 Å². The number of aromatic nitrogens is 2. The zero-order valence-electron chi connectivity index (χ0n) is 11.1. The molecular formula is C15H17ClN4. The van der Waals surface area contributed by atoms with E-state index in [1.54, 1.807) is 0 Å². The molecule has 2 aliphatic rings. The molecular weight excluding hydrogens is 272 g/mol. The van der Waals surface area contributed by atoms with Gasteiger partial charge >= 0.3 is 0 Å². The molecule has 2 heterocycles. The number of fused-ring (bicyclic) bond motifs is 2. The van der Waals surface area contributed by atoms with Gasteiger partial charge in [-0.3, -0.25) is 0 Å². The molecule has 0 saturated heterocycles. The molecule has 0 saturated carbocycles. The molecule has 0 radical (unpaired) electrons. The smallest absolute Gasteiger partial charge is 0.223 e. The van der Waals surface area contributed by atoms with E-state index in [9.17, 15) is 0 Å². The van der Waals surface area contributed by atoms with Crippen LogP contribution in [0, 0.1) is 0 Å². The van der Waals surface area contributed by atoms with Crippen LogP contribution in [0.1, 0.15) is 22.4 Å². The van der Waals surface area contributed by atoms with E-state index in [1.807, 2.05) is 6.20 Å². The average molecular weight is 289 g/mol. The fourth-order valence-corrected chi connectivity index (χ4v) is 2.97. The van der Waals surface area contributed by atoms with Crippen molar-refractivity contribution >= 4 is 18.4 Å². The molecule has 1 aromatic heterocycles. The third kappa shape index (κ3) is 2.37. The first-order chi connectivity index (χ1) is 9.38. The Bertz CT molecular complexity index is 604. The van der Waals surface area contributed by atoms with Gasteiger partial charge in [-0.1, -0.05) is 24.3 Å². The summed E-state index contributed by atoms with van der Waals surface area (Å²) in [6, 6.07) is 9.07. The number of hydrogen-bond acceptors (Lipinski definition) is 4. The molecule has 2 N–H and O–H groups in total. The molecule has 4 nitrogen and oxygen atoms in total. The summed E-state index contributed by atoms with van der Waals surface area (Å²) in [5.74, 6) is 0.764. The van der Waals surface area contributed by atoms with Gasteiger partial charge in [0.1, 0.15) is 0 Å². The molecule has 4 rings (SSSR count). The number of nitrogens with one attached hydrogen (secondary N) is 2. The Hall–Kier alpha value is -1.65. The predicted octanol–water partition coefficient (Wildman–Crippen LogP) is 2.08. The highest BCUT2D eigenvalue weighted by molar-refractivity contribution is 5.85. The monoisotopic (exact) mass is 288 g/mol. The molecule has 2 aromatic rings. The summed E-state index contributed by atoms with van der Waals surface area (Å²) in [7, 11) is 0. The Kier molecular flexibility index (Phi) is 3.59. The standard InChI is InChI=1S/C15H16N4.ClH/c1-2-4-11-6-13(5-10(11)3-1)18-15-17-8-12-7-16-9-14(12)19-15;/h1-4,8,13,16H,5-7,9H2,(H,17,18,19);1H. The minimum atomic E-state index is 0. The second-order valence-corrected chi connectivity index (χ2v) is 5.29. The predicted molar refractivity (Wildman–Crippen MR) is 81.1 cm³/mol. The largest absolute Gasteiger partial charge is 0.351 e. The van der Waals surface area contributed by atoms with Crippen LogP contribution < -0.4 is 10.6 Å². The van der Waals surface area contributed by atoms with E-state index < -0.39 is 0 Å². The maximum atomic E-state index is 4.59. The van der Waals surface area contributed by atoms with Crippen molar-refractivity contribution in [2.24, 2.45) is 0 Å². The van der Waals surface area contributed by atoms with Gasteiger partial charge < -0.3 is 10.6 Å². The van der Waals surface area contributed by atoms with Gasteiger partial charge in [0.25, 0.3) is 0 Å². The Morgan fingerprint density at radius 3 is 2.55 bits per heavy atom. The summed E-state index contributed by atoms with van der Waals surface area (Å²) >= 11 is 0. The molecule has 0 bridgehead atoms. The van der Waals surface area contributed by atoms with Gasteiger partial charge in [0.05, 0.1) is 5.69 Å². The molecule has 0 unspecified atom stereocenters. The fraction of sp³-hybridized carbons (Fsp3) is 0.333. The van der Waals surface area contributed by atoms with Crippen LogP contribution in [0.25, 0.3) is 0 Å². The molecule has 104 valence electrons. The quantitative estimate of drug-likeness (QED) is 0.888. The first-order valence-electron chi connectivity index (χ1n) is 6.77. The van der Waals surface area contributed by atoms with Crippen LogP contribution in [0.3, 0.4) is 0 Å². The third-order valence-electron chi connectivity index (χ3n) is 3.95. The van der Waals surface area contributed by atoms with Gasteiger partial charge in [-0.2, -0.15) is 0 Å². The van der Waals surface area contributed by atoms with E-state index in [-0.39, 0.29) is 12.4 Å². The van der Waals surface area contributed by atoms with Gasteiger partial charge in [0.15, 0.2) is 0 Å². The Morgan fingerprint density at radius 1 is 1.05 bits per heavy atom. The normalized spacial score (nSPS) is 16.4. The average Bonchev–Trinajstić information content (AvgIpc) is 3.03. The van der Waals surface area contributed by atoms with E-state index in [1.165, 1.54) is 16.7 Å². The summed E-state index contributed by atoms with van der Waals surface area (Å²) in [5.41, 5.74) is 5.25. The van der Waals surface area contributed by atoms with E-state index in [2.05, 4.69) is 44.9 Å². The summed E-state index contributed by atoms with van der Waals surface area (Å²) in [4.78, 5) is 9.01. The van der Waals surface area contributed by atoms with Crippen molar-refractivity contribution in [1.82, 2.24) is 15.3 Å². The molecule has 0 atom stereocenters. The maximum Gasteiger partial charge on any atom is 0.223 e. The lowest BCUT2D eigenvalue weighted by Crippen LogP contribution is -2.21. The summed E-state index contributed by atoms with van der Waals surface area (Å²) in [6.45, 7) is 1.75. The van der Waals surface area contributed by atoms with Crippen LogP contribution in [0.2, 0.25) is 0 Å². The molecule has 1 aliphatic heterocycles. The van der Waals surface area contributed by atoms with Crippen LogP contribution >= 0.6 is 12.4 Å². The van der Waals surface area contributed by atoms with E-state index in [0.717, 1.165) is 37.6 Å². The van der Waals surface area contributed by atoms with Gasteiger partial charge in [-0.25, -0.2) is 9.97 Å². The van der Waals surface area contributed by atoms with Crippen LogP contribution in [0.4, 0.5) is 5.95 Å². The highest BCUT2D eigenvalue weighted by Gasteiger charge is 2.22. The van der Waals surface area contributed by atoms with E-state index in [0.29, 0.717) is 6.04 Å². The van der Waals surface area contributed by atoms with Crippen LogP contribution in [-0.4, -0.2) is 16.0 Å². The summed E-state index contributed by atoms with van der Waals surface area (Å²) < 4.78 is 0. The van der Waals surface area contributed by atoms with Crippen LogP contribution in [0.5, 0.6) is 0 Å². The Morgan fingerprint density at radius 2 is 1.80 bits per heavy atom. The molecule has 5 heteroatoms. The van der Waals surface area contributed by atoms with Crippen molar-refractivity contribution in [3.63, 3.8) is 0 Å². The number of nitrogens with zero attached hydrogens (tertiary/aromatic N) is 2. The lowest BCUT2D eigenvalue weighted by Gasteiger charge is -2.12. The summed E-state index contributed by atoms with van der Waals surface area (Å²) in [6.07, 6.45) is 4.07. The lowest BCUT2D eigenvalue weighted by molar-refractivity contribution is 0.750. The molecule has 0 amide bonds. The van der Waals surface area contributed by atoms with Crippen molar-refractivity contribution in [2.45, 2.75) is 32.0 Å². The highest BCUT2D eigenvalue weighted by atomic mass is 35.5. The first kappa shape index (κ1) is 13.3. The van der Waals surface area contributed by atoms with Crippen molar-refractivity contribution in [2.75, 3.05) is 5.32 Å². The van der Waals surface area contributed by atoms with Crippen molar-refractivity contribution in [1.29, 1.82) is 0 Å². The molecule has 0 fully saturated rings. The van der Waals surface area contributed by atoms with E-state index in [4.69, 9.17) is 0 Å². The Labute approximate surface area is 124 Å². The maximum absolute atomic E-state index is 4.59. The third-order valence-corrected chi connectivity index (χ3v) is 3.95. The zero-order chi connectivity index (χ0) is 12.7. The number of rotatable bonds is 2. The van der Waals surface area contributed by atoms with Crippen molar-refractivity contribution in [3.05, 3.63) is 52.8 Å². The number of halogens is 1. The SMILES string of the molecule is Cl.c1ccc2c(c1)CC(Nc1ncc3c(n1)CNC3)C2. The van der Waals surface area contributed by atoms with Crippen molar-refractivity contribution in [3.8, 4) is 0 Å². The number of hydrogen-bond donors (Lipinski definition) is 2.